The minimum atomic E-state index is 0.0483. The van der Waals surface area contributed by atoms with E-state index in [-0.39, 0.29) is 18.6 Å². The topological polar surface area (TPSA) is 55.8 Å². The van der Waals surface area contributed by atoms with Gasteiger partial charge in [0, 0.05) is 37.1 Å². The predicted octanol–water partition coefficient (Wildman–Crippen LogP) is 1.41. The van der Waals surface area contributed by atoms with Crippen LogP contribution in [0.4, 0.5) is 0 Å². The number of piperazine rings is 1. The van der Waals surface area contributed by atoms with E-state index in [1.807, 2.05) is 12.1 Å². The maximum Gasteiger partial charge on any atom is 0.234 e. The molecule has 5 nitrogen and oxygen atoms in total. The first-order chi connectivity index (χ1) is 10.6. The van der Waals surface area contributed by atoms with Crippen LogP contribution >= 0.6 is 22.9 Å². The Morgan fingerprint density at radius 2 is 2.14 bits per heavy atom. The molecule has 1 aromatic rings. The van der Waals surface area contributed by atoms with Crippen LogP contribution < -0.4 is 5.32 Å². The van der Waals surface area contributed by atoms with Crippen LogP contribution in [0.25, 0.3) is 0 Å². The standard InChI is InChI=1S/C15H24ClN3O2S/c1-2-12(11-20)19-7-5-18(6-8-19)10-15(21)17-9-13-3-4-14(16)22-13/h3-4,12,20H,2,5-11H2,1H3,(H,17,21). The number of aliphatic hydroxyl groups is 1. The normalized spacial score (nSPS) is 18.3. The fraction of sp³-hybridized carbons (Fsp3) is 0.667. The van der Waals surface area contributed by atoms with E-state index in [9.17, 15) is 9.90 Å². The van der Waals surface area contributed by atoms with Crippen LogP contribution in [0.5, 0.6) is 0 Å². The van der Waals surface area contributed by atoms with Crippen LogP contribution in [0, 0.1) is 0 Å². The minimum absolute atomic E-state index is 0.0483. The molecule has 1 amide bonds. The van der Waals surface area contributed by atoms with E-state index in [1.54, 1.807) is 0 Å². The third-order valence-corrected chi connectivity index (χ3v) is 5.29. The van der Waals surface area contributed by atoms with Crippen LogP contribution in [0.2, 0.25) is 4.34 Å². The number of hydrogen-bond donors (Lipinski definition) is 2. The molecule has 22 heavy (non-hydrogen) atoms. The van der Waals surface area contributed by atoms with Crippen molar-refractivity contribution in [2.24, 2.45) is 0 Å². The summed E-state index contributed by atoms with van der Waals surface area (Å²) in [7, 11) is 0. The Hall–Kier alpha value is -0.660. The number of carbonyl (C=O) groups is 1. The molecule has 1 saturated heterocycles. The van der Waals surface area contributed by atoms with Crippen LogP contribution in [-0.4, -0.2) is 66.2 Å². The van der Waals surface area contributed by atoms with E-state index >= 15 is 0 Å². The maximum atomic E-state index is 12.0. The summed E-state index contributed by atoms with van der Waals surface area (Å²) in [4.78, 5) is 17.5. The van der Waals surface area contributed by atoms with E-state index in [2.05, 4.69) is 22.0 Å². The molecule has 1 aliphatic rings. The number of thiophene rings is 1. The highest BCUT2D eigenvalue weighted by molar-refractivity contribution is 7.16. The Kier molecular flexibility index (Phi) is 7.11. The summed E-state index contributed by atoms with van der Waals surface area (Å²) in [5.41, 5.74) is 0. The Morgan fingerprint density at radius 3 is 2.68 bits per heavy atom. The first-order valence-corrected chi connectivity index (χ1v) is 8.90. The van der Waals surface area contributed by atoms with E-state index in [0.717, 1.165) is 41.8 Å². The fourth-order valence-corrected chi connectivity index (χ4v) is 3.71. The van der Waals surface area contributed by atoms with E-state index in [4.69, 9.17) is 11.6 Å². The monoisotopic (exact) mass is 345 g/mol. The van der Waals surface area contributed by atoms with Crippen molar-refractivity contribution in [3.05, 3.63) is 21.3 Å². The molecule has 1 unspecified atom stereocenters. The van der Waals surface area contributed by atoms with E-state index in [0.29, 0.717) is 13.1 Å². The lowest BCUT2D eigenvalue weighted by atomic mass is 10.1. The molecule has 0 bridgehead atoms. The molecule has 2 rings (SSSR count). The Morgan fingerprint density at radius 1 is 1.41 bits per heavy atom. The maximum absolute atomic E-state index is 12.0. The number of aliphatic hydroxyl groups excluding tert-OH is 1. The van der Waals surface area contributed by atoms with Gasteiger partial charge in [0.1, 0.15) is 0 Å². The van der Waals surface area contributed by atoms with Crippen molar-refractivity contribution >= 4 is 28.8 Å². The molecule has 1 fully saturated rings. The first kappa shape index (κ1) is 17.7. The van der Waals surface area contributed by atoms with Gasteiger partial charge in [0.15, 0.2) is 0 Å². The molecule has 7 heteroatoms. The number of carbonyl (C=O) groups excluding carboxylic acids is 1. The Labute approximate surface area is 140 Å². The van der Waals surface area contributed by atoms with E-state index < -0.39 is 0 Å². The second-order valence-electron chi connectivity index (χ2n) is 5.54. The lowest BCUT2D eigenvalue weighted by Crippen LogP contribution is -2.53. The zero-order valence-electron chi connectivity index (χ0n) is 12.9. The fourth-order valence-electron chi connectivity index (χ4n) is 2.68. The molecule has 1 aromatic heterocycles. The van der Waals surface area contributed by atoms with Crippen LogP contribution in [-0.2, 0) is 11.3 Å². The molecule has 124 valence electrons. The van der Waals surface area contributed by atoms with Gasteiger partial charge in [-0.15, -0.1) is 11.3 Å². The molecule has 2 heterocycles. The molecule has 1 aliphatic heterocycles. The van der Waals surface area contributed by atoms with Gasteiger partial charge in [-0.1, -0.05) is 18.5 Å². The van der Waals surface area contributed by atoms with Crippen molar-refractivity contribution in [2.75, 3.05) is 39.3 Å². The van der Waals surface area contributed by atoms with Gasteiger partial charge in [-0.2, -0.15) is 0 Å². The average Bonchev–Trinajstić information content (AvgIpc) is 2.94. The molecule has 0 aliphatic carbocycles. The lowest BCUT2D eigenvalue weighted by molar-refractivity contribution is -0.122. The summed E-state index contributed by atoms with van der Waals surface area (Å²) in [6, 6.07) is 4.03. The van der Waals surface area contributed by atoms with Gasteiger partial charge >= 0.3 is 0 Å². The summed E-state index contributed by atoms with van der Waals surface area (Å²) in [5.74, 6) is 0.0483. The highest BCUT2D eigenvalue weighted by atomic mass is 35.5. The van der Waals surface area contributed by atoms with Crippen molar-refractivity contribution in [2.45, 2.75) is 25.9 Å². The van der Waals surface area contributed by atoms with Crippen molar-refractivity contribution in [3.63, 3.8) is 0 Å². The van der Waals surface area contributed by atoms with Gasteiger partial charge in [-0.25, -0.2) is 0 Å². The molecule has 0 radical (unpaired) electrons. The third-order valence-electron chi connectivity index (χ3n) is 4.06. The minimum Gasteiger partial charge on any atom is -0.395 e. The molecule has 0 saturated carbocycles. The highest BCUT2D eigenvalue weighted by Gasteiger charge is 2.23. The van der Waals surface area contributed by atoms with Crippen molar-refractivity contribution < 1.29 is 9.90 Å². The lowest BCUT2D eigenvalue weighted by Gasteiger charge is -2.38. The zero-order valence-corrected chi connectivity index (χ0v) is 14.5. The van der Waals surface area contributed by atoms with Gasteiger partial charge in [0.25, 0.3) is 0 Å². The van der Waals surface area contributed by atoms with Crippen LogP contribution in [0.1, 0.15) is 18.2 Å². The predicted molar refractivity (Wildman–Crippen MR) is 90.4 cm³/mol. The number of halogens is 1. The van der Waals surface area contributed by atoms with Crippen molar-refractivity contribution in [3.8, 4) is 0 Å². The summed E-state index contributed by atoms with van der Waals surface area (Å²) in [6.07, 6.45) is 0.959. The smallest absolute Gasteiger partial charge is 0.234 e. The van der Waals surface area contributed by atoms with Gasteiger partial charge < -0.3 is 10.4 Å². The highest BCUT2D eigenvalue weighted by Crippen LogP contribution is 2.20. The second kappa shape index (κ2) is 8.84. The summed E-state index contributed by atoms with van der Waals surface area (Å²) >= 11 is 7.36. The first-order valence-electron chi connectivity index (χ1n) is 7.70. The molecular weight excluding hydrogens is 322 g/mol. The molecule has 2 N–H and O–H groups in total. The van der Waals surface area contributed by atoms with Crippen molar-refractivity contribution in [1.29, 1.82) is 0 Å². The summed E-state index contributed by atoms with van der Waals surface area (Å²) in [6.45, 7) is 6.84. The van der Waals surface area contributed by atoms with Gasteiger partial charge in [-0.05, 0) is 18.6 Å². The van der Waals surface area contributed by atoms with Crippen LogP contribution in [0.3, 0.4) is 0 Å². The number of hydrogen-bond acceptors (Lipinski definition) is 5. The Bertz CT molecular complexity index is 471. The summed E-state index contributed by atoms with van der Waals surface area (Å²) < 4.78 is 0.745. The Balaban J connectivity index is 1.68. The SMILES string of the molecule is CCC(CO)N1CCN(CC(=O)NCc2ccc(Cl)s2)CC1. The van der Waals surface area contributed by atoms with E-state index in [1.165, 1.54) is 11.3 Å². The van der Waals surface area contributed by atoms with Gasteiger partial charge in [0.05, 0.1) is 24.0 Å². The van der Waals surface area contributed by atoms with Gasteiger partial charge in [-0.3, -0.25) is 14.6 Å². The quantitative estimate of drug-likeness (QED) is 0.784. The second-order valence-corrected chi connectivity index (χ2v) is 7.34. The molecule has 1 atom stereocenters. The molecular formula is C15H24ClN3O2S. The third kappa shape index (κ3) is 5.21. The van der Waals surface area contributed by atoms with Crippen molar-refractivity contribution in [1.82, 2.24) is 15.1 Å². The number of nitrogens with zero attached hydrogens (tertiary/aromatic N) is 2. The van der Waals surface area contributed by atoms with Gasteiger partial charge in [0.2, 0.25) is 5.91 Å². The average molecular weight is 346 g/mol. The van der Waals surface area contributed by atoms with Crippen LogP contribution in [0.15, 0.2) is 12.1 Å². The zero-order chi connectivity index (χ0) is 15.9. The largest absolute Gasteiger partial charge is 0.395 e. The number of rotatable bonds is 7. The number of nitrogens with one attached hydrogen (secondary N) is 1. The molecule has 0 spiro atoms. The summed E-state index contributed by atoms with van der Waals surface area (Å²) in [5, 5.41) is 12.3. The number of amides is 1. The molecule has 0 aromatic carbocycles.